The molecule has 0 saturated carbocycles. The highest BCUT2D eigenvalue weighted by Gasteiger charge is 2.19. The lowest BCUT2D eigenvalue weighted by molar-refractivity contribution is 0.210. The predicted molar refractivity (Wildman–Crippen MR) is 69.9 cm³/mol. The Morgan fingerprint density at radius 1 is 1.22 bits per heavy atom. The van der Waals surface area contributed by atoms with Gasteiger partial charge in [0.15, 0.2) is 0 Å². The molecule has 2 rings (SSSR count). The van der Waals surface area contributed by atoms with Gasteiger partial charge in [-0.05, 0) is 32.9 Å². The summed E-state index contributed by atoms with van der Waals surface area (Å²) in [7, 11) is 0. The van der Waals surface area contributed by atoms with E-state index in [1.165, 1.54) is 0 Å². The van der Waals surface area contributed by atoms with E-state index in [1.807, 2.05) is 51.1 Å². The maximum atomic E-state index is 10.5. The molecule has 1 aromatic carbocycles. The van der Waals surface area contributed by atoms with Crippen molar-refractivity contribution in [3.05, 3.63) is 53.0 Å². The molecule has 0 bridgehead atoms. The van der Waals surface area contributed by atoms with Crippen LogP contribution in [0.2, 0.25) is 0 Å². The molecule has 1 N–H and O–H groups in total. The number of furan rings is 1. The maximum Gasteiger partial charge on any atom is 0.125 e. The van der Waals surface area contributed by atoms with E-state index < -0.39 is 6.10 Å². The smallest absolute Gasteiger partial charge is 0.125 e. The fourth-order valence-corrected chi connectivity index (χ4v) is 2.08. The van der Waals surface area contributed by atoms with Crippen molar-refractivity contribution in [2.24, 2.45) is 0 Å². The molecule has 18 heavy (non-hydrogen) atoms. The summed E-state index contributed by atoms with van der Waals surface area (Å²) in [5.74, 6) is 2.26. The second kappa shape index (κ2) is 5.27. The van der Waals surface area contributed by atoms with Gasteiger partial charge in [0, 0.05) is 11.1 Å². The molecule has 0 saturated heterocycles. The first-order valence-electron chi connectivity index (χ1n) is 6.10. The fraction of sp³-hybridized carbons (Fsp3) is 0.333. The van der Waals surface area contributed by atoms with Crippen molar-refractivity contribution in [3.8, 4) is 5.75 Å². The van der Waals surface area contributed by atoms with Crippen molar-refractivity contribution in [1.29, 1.82) is 0 Å². The van der Waals surface area contributed by atoms with Crippen LogP contribution in [0.15, 0.2) is 34.7 Å². The molecule has 0 radical (unpaired) electrons. The van der Waals surface area contributed by atoms with Crippen LogP contribution in [0, 0.1) is 13.8 Å². The Bertz CT molecular complexity index is 528. The van der Waals surface area contributed by atoms with Crippen LogP contribution >= 0.6 is 0 Å². The Hall–Kier alpha value is -1.74. The number of aliphatic hydroxyl groups excluding tert-OH is 1. The van der Waals surface area contributed by atoms with Gasteiger partial charge in [0.1, 0.15) is 23.4 Å². The van der Waals surface area contributed by atoms with Gasteiger partial charge in [0.2, 0.25) is 0 Å². The second-order valence-corrected chi connectivity index (χ2v) is 4.24. The molecule has 0 aliphatic rings. The molecule has 1 aromatic heterocycles. The zero-order valence-corrected chi connectivity index (χ0v) is 10.9. The van der Waals surface area contributed by atoms with Crippen LogP contribution in [-0.2, 0) is 0 Å². The van der Waals surface area contributed by atoms with Crippen molar-refractivity contribution < 1.29 is 14.3 Å². The molecule has 0 fully saturated rings. The third-order valence-electron chi connectivity index (χ3n) is 2.89. The molecule has 0 amide bonds. The Morgan fingerprint density at radius 2 is 1.94 bits per heavy atom. The van der Waals surface area contributed by atoms with E-state index in [0.717, 1.165) is 22.6 Å². The number of aliphatic hydroxyl groups is 1. The summed E-state index contributed by atoms with van der Waals surface area (Å²) < 4.78 is 11.0. The molecule has 1 heterocycles. The SMILES string of the molecule is CCOc1ccccc1C(O)c1cc(C)oc1C. The second-order valence-electron chi connectivity index (χ2n) is 4.24. The topological polar surface area (TPSA) is 42.6 Å². The van der Waals surface area contributed by atoms with E-state index >= 15 is 0 Å². The summed E-state index contributed by atoms with van der Waals surface area (Å²) in [4.78, 5) is 0. The summed E-state index contributed by atoms with van der Waals surface area (Å²) in [6.07, 6.45) is -0.717. The number of aryl methyl sites for hydroxylation is 2. The maximum absolute atomic E-state index is 10.5. The van der Waals surface area contributed by atoms with Crippen molar-refractivity contribution in [3.63, 3.8) is 0 Å². The molecule has 1 unspecified atom stereocenters. The van der Waals surface area contributed by atoms with Crippen LogP contribution in [0.25, 0.3) is 0 Å². The average Bonchev–Trinajstić information content (AvgIpc) is 2.69. The summed E-state index contributed by atoms with van der Waals surface area (Å²) >= 11 is 0. The minimum atomic E-state index is -0.717. The van der Waals surface area contributed by atoms with Gasteiger partial charge in [-0.2, -0.15) is 0 Å². The molecule has 2 aromatic rings. The van der Waals surface area contributed by atoms with Crippen LogP contribution in [0.5, 0.6) is 5.75 Å². The molecule has 0 aliphatic carbocycles. The largest absolute Gasteiger partial charge is 0.493 e. The minimum absolute atomic E-state index is 0.577. The highest BCUT2D eigenvalue weighted by Crippen LogP contribution is 2.32. The van der Waals surface area contributed by atoms with Crippen LogP contribution in [0.4, 0.5) is 0 Å². The molecule has 3 nitrogen and oxygen atoms in total. The highest BCUT2D eigenvalue weighted by molar-refractivity contribution is 5.41. The van der Waals surface area contributed by atoms with E-state index in [2.05, 4.69) is 0 Å². The lowest BCUT2D eigenvalue weighted by Crippen LogP contribution is -2.04. The van der Waals surface area contributed by atoms with Gasteiger partial charge in [-0.3, -0.25) is 0 Å². The lowest BCUT2D eigenvalue weighted by atomic mass is 10.0. The van der Waals surface area contributed by atoms with E-state index in [9.17, 15) is 5.11 Å². The molecular formula is C15H18O3. The molecule has 0 aliphatic heterocycles. The Labute approximate surface area is 107 Å². The number of ether oxygens (including phenoxy) is 1. The average molecular weight is 246 g/mol. The van der Waals surface area contributed by atoms with Crippen LogP contribution < -0.4 is 4.74 Å². The zero-order chi connectivity index (χ0) is 13.1. The van der Waals surface area contributed by atoms with Crippen LogP contribution in [0.1, 0.15) is 35.7 Å². The summed E-state index contributed by atoms with van der Waals surface area (Å²) in [5, 5.41) is 10.5. The van der Waals surface area contributed by atoms with Crippen molar-refractivity contribution in [2.45, 2.75) is 26.9 Å². The van der Waals surface area contributed by atoms with Crippen molar-refractivity contribution in [2.75, 3.05) is 6.61 Å². The zero-order valence-electron chi connectivity index (χ0n) is 10.9. The Kier molecular flexibility index (Phi) is 3.72. The molecule has 3 heteroatoms. The summed E-state index contributed by atoms with van der Waals surface area (Å²) in [6, 6.07) is 9.39. The summed E-state index contributed by atoms with van der Waals surface area (Å²) in [6.45, 7) is 6.23. The standard InChI is InChI=1S/C15H18O3/c1-4-17-14-8-6-5-7-12(14)15(16)13-9-10(2)18-11(13)3/h5-9,15-16H,4H2,1-3H3. The van der Waals surface area contributed by atoms with Gasteiger partial charge in [-0.1, -0.05) is 18.2 Å². The van der Waals surface area contributed by atoms with E-state index in [-0.39, 0.29) is 0 Å². The minimum Gasteiger partial charge on any atom is -0.493 e. The van der Waals surface area contributed by atoms with E-state index in [4.69, 9.17) is 9.15 Å². The number of rotatable bonds is 4. The molecule has 0 spiro atoms. The first-order chi connectivity index (χ1) is 8.63. The van der Waals surface area contributed by atoms with Gasteiger partial charge in [0.25, 0.3) is 0 Å². The normalized spacial score (nSPS) is 12.4. The Morgan fingerprint density at radius 3 is 2.56 bits per heavy atom. The highest BCUT2D eigenvalue weighted by atomic mass is 16.5. The first-order valence-corrected chi connectivity index (χ1v) is 6.10. The number of para-hydroxylation sites is 1. The monoisotopic (exact) mass is 246 g/mol. The fourth-order valence-electron chi connectivity index (χ4n) is 2.08. The van der Waals surface area contributed by atoms with Crippen molar-refractivity contribution >= 4 is 0 Å². The van der Waals surface area contributed by atoms with Gasteiger partial charge in [0.05, 0.1) is 6.61 Å². The predicted octanol–water partition coefficient (Wildman–Crippen LogP) is 3.38. The lowest BCUT2D eigenvalue weighted by Gasteiger charge is -2.15. The van der Waals surface area contributed by atoms with Gasteiger partial charge >= 0.3 is 0 Å². The van der Waals surface area contributed by atoms with Gasteiger partial charge in [-0.15, -0.1) is 0 Å². The third kappa shape index (κ3) is 2.41. The van der Waals surface area contributed by atoms with Crippen LogP contribution in [-0.4, -0.2) is 11.7 Å². The van der Waals surface area contributed by atoms with Crippen molar-refractivity contribution in [1.82, 2.24) is 0 Å². The Balaban J connectivity index is 2.39. The molecular weight excluding hydrogens is 228 g/mol. The van der Waals surface area contributed by atoms with E-state index in [0.29, 0.717) is 12.4 Å². The quantitative estimate of drug-likeness (QED) is 0.899. The first kappa shape index (κ1) is 12.7. The van der Waals surface area contributed by atoms with Crippen LogP contribution in [0.3, 0.4) is 0 Å². The molecule has 96 valence electrons. The molecule has 1 atom stereocenters. The number of hydrogen-bond donors (Lipinski definition) is 1. The third-order valence-corrected chi connectivity index (χ3v) is 2.89. The van der Waals surface area contributed by atoms with Gasteiger partial charge < -0.3 is 14.3 Å². The number of hydrogen-bond acceptors (Lipinski definition) is 3. The number of benzene rings is 1. The van der Waals surface area contributed by atoms with Gasteiger partial charge in [-0.25, -0.2) is 0 Å². The van der Waals surface area contributed by atoms with E-state index in [1.54, 1.807) is 0 Å². The summed E-state index contributed by atoms with van der Waals surface area (Å²) in [5.41, 5.74) is 1.56.